The quantitative estimate of drug-likeness (QED) is 0.328. The van der Waals surface area contributed by atoms with Crippen LogP contribution in [0.5, 0.6) is 0 Å². The number of non-ortho nitro benzene ring substituents is 1. The van der Waals surface area contributed by atoms with Gasteiger partial charge in [0, 0.05) is 29.5 Å². The highest BCUT2D eigenvalue weighted by atomic mass is 16.6. The second kappa shape index (κ2) is 8.36. The summed E-state index contributed by atoms with van der Waals surface area (Å²) in [6.45, 7) is 4.64. The zero-order valence-corrected chi connectivity index (χ0v) is 15.3. The minimum atomic E-state index is -0.741. The van der Waals surface area contributed by atoms with E-state index in [2.05, 4.69) is 4.99 Å². The monoisotopic (exact) mass is 369 g/mol. The second-order valence-corrected chi connectivity index (χ2v) is 6.21. The lowest BCUT2D eigenvalue weighted by Crippen LogP contribution is -2.34. The summed E-state index contributed by atoms with van der Waals surface area (Å²) in [6.07, 6.45) is 0.0397. The smallest absolute Gasteiger partial charge is 0.336 e. The van der Waals surface area contributed by atoms with Crippen LogP contribution in [0.1, 0.15) is 38.7 Å². The van der Waals surface area contributed by atoms with Crippen LogP contribution in [-0.2, 0) is 14.3 Å². The van der Waals surface area contributed by atoms with Crippen LogP contribution >= 0.6 is 0 Å². The molecule has 2 rings (SSSR count). The molecule has 8 heteroatoms. The third kappa shape index (κ3) is 4.26. The van der Waals surface area contributed by atoms with Crippen LogP contribution in [0, 0.1) is 27.4 Å². The average molecular weight is 369 g/mol. The largest absolute Gasteiger partial charge is 0.461 e. The lowest BCUT2D eigenvalue weighted by atomic mass is 9.74. The number of nitro benzene ring substituents is 1. The number of aliphatic imine (C=N–C) groups is 1. The molecule has 1 aromatic rings. The fraction of sp³-hybridized carbons (Fsp3) is 0.368. The maximum atomic E-state index is 12.7. The molecule has 1 heterocycles. The highest BCUT2D eigenvalue weighted by Crippen LogP contribution is 2.40. The number of benzene rings is 1. The molecule has 2 unspecified atom stereocenters. The summed E-state index contributed by atoms with van der Waals surface area (Å²) in [7, 11) is 0. The fourth-order valence-corrected chi connectivity index (χ4v) is 3.29. The Bertz CT molecular complexity index is 895. The zero-order valence-electron chi connectivity index (χ0n) is 15.3. The Morgan fingerprint density at radius 3 is 2.67 bits per heavy atom. The molecule has 0 fully saturated rings. The number of esters is 1. The van der Waals surface area contributed by atoms with Gasteiger partial charge in [0.15, 0.2) is 0 Å². The lowest BCUT2D eigenvalue weighted by Gasteiger charge is -2.31. The third-order valence-electron chi connectivity index (χ3n) is 4.37. The molecule has 0 saturated carbocycles. The topological polar surface area (TPSA) is 123 Å². The molecule has 1 aliphatic heterocycles. The van der Waals surface area contributed by atoms with Crippen molar-refractivity contribution < 1.29 is 19.2 Å². The molecule has 0 saturated heterocycles. The van der Waals surface area contributed by atoms with E-state index in [4.69, 9.17) is 10.00 Å². The Balaban J connectivity index is 2.58. The number of Topliss-reactive ketones (excluding diaryl/α,β-unsaturated/α-hetero) is 1. The number of nitrogens with zero attached hydrogens (tertiary/aromatic N) is 3. The minimum Gasteiger partial charge on any atom is -0.461 e. The summed E-state index contributed by atoms with van der Waals surface area (Å²) in [6, 6.07) is 7.74. The third-order valence-corrected chi connectivity index (χ3v) is 4.37. The number of nitriles is 1. The molecule has 27 heavy (non-hydrogen) atoms. The highest BCUT2D eigenvalue weighted by molar-refractivity contribution is 6.08. The van der Waals surface area contributed by atoms with Gasteiger partial charge in [-0.1, -0.05) is 12.1 Å². The van der Waals surface area contributed by atoms with E-state index >= 15 is 0 Å². The SMILES string of the molecule is CC(=O)C1C(C)=NC(C)=C(C(=O)OCCC#N)C1c1cccc([N+](=O)[O-])c1. The van der Waals surface area contributed by atoms with E-state index in [9.17, 15) is 19.7 Å². The average Bonchev–Trinajstić information content (AvgIpc) is 2.60. The molecule has 2 atom stereocenters. The summed E-state index contributed by atoms with van der Waals surface area (Å²) in [5.74, 6) is -2.35. The molecule has 0 radical (unpaired) electrons. The fourth-order valence-electron chi connectivity index (χ4n) is 3.29. The molecule has 0 amide bonds. The van der Waals surface area contributed by atoms with Gasteiger partial charge in [-0.25, -0.2) is 4.79 Å². The van der Waals surface area contributed by atoms with Crippen LogP contribution in [0.4, 0.5) is 5.69 Å². The molecule has 0 bridgehead atoms. The predicted octanol–water partition coefficient (Wildman–Crippen LogP) is 3.09. The van der Waals surface area contributed by atoms with Crippen molar-refractivity contribution in [1.82, 2.24) is 0 Å². The van der Waals surface area contributed by atoms with Crippen LogP contribution in [0.15, 0.2) is 40.5 Å². The second-order valence-electron chi connectivity index (χ2n) is 6.21. The maximum absolute atomic E-state index is 12.7. The molecule has 1 aliphatic rings. The summed E-state index contributed by atoms with van der Waals surface area (Å²) >= 11 is 0. The number of hydrogen-bond donors (Lipinski definition) is 0. The van der Waals surface area contributed by atoms with Gasteiger partial charge >= 0.3 is 5.97 Å². The number of carbonyl (C=O) groups excluding carboxylic acids is 2. The standard InChI is InChI=1S/C19H19N3O5/c1-11-16(13(3)23)18(14-6-4-7-15(10-14)22(25)26)17(12(2)21-11)19(24)27-9-5-8-20/h4,6-7,10,16,18H,5,9H2,1-3H3. The Kier molecular flexibility index (Phi) is 6.19. The van der Waals surface area contributed by atoms with Crippen molar-refractivity contribution >= 4 is 23.2 Å². The Labute approximate surface area is 156 Å². The molecule has 0 spiro atoms. The van der Waals surface area contributed by atoms with E-state index in [1.54, 1.807) is 19.9 Å². The Hall–Kier alpha value is -3.34. The molecule has 0 N–H and O–H groups in total. The molecular formula is C19H19N3O5. The molecule has 8 nitrogen and oxygen atoms in total. The molecule has 140 valence electrons. The van der Waals surface area contributed by atoms with Gasteiger partial charge in [0.2, 0.25) is 0 Å². The van der Waals surface area contributed by atoms with Crippen LogP contribution in [0.25, 0.3) is 0 Å². The van der Waals surface area contributed by atoms with E-state index in [-0.39, 0.29) is 30.1 Å². The van der Waals surface area contributed by atoms with Gasteiger partial charge in [0.25, 0.3) is 5.69 Å². The van der Waals surface area contributed by atoms with Gasteiger partial charge in [-0.2, -0.15) is 5.26 Å². The molecule has 1 aromatic carbocycles. The van der Waals surface area contributed by atoms with Crippen molar-refractivity contribution in [1.29, 1.82) is 5.26 Å². The van der Waals surface area contributed by atoms with Gasteiger partial charge < -0.3 is 4.74 Å². The first-order valence-electron chi connectivity index (χ1n) is 8.32. The van der Waals surface area contributed by atoms with Crippen molar-refractivity contribution in [2.24, 2.45) is 10.9 Å². The van der Waals surface area contributed by atoms with Gasteiger partial charge in [-0.05, 0) is 26.3 Å². The van der Waals surface area contributed by atoms with Crippen molar-refractivity contribution in [3.8, 4) is 6.07 Å². The first-order chi connectivity index (χ1) is 12.8. The van der Waals surface area contributed by atoms with Crippen molar-refractivity contribution in [2.75, 3.05) is 6.61 Å². The number of carbonyl (C=O) groups is 2. The summed E-state index contributed by atoms with van der Waals surface area (Å²) < 4.78 is 5.15. The number of rotatable bonds is 6. The van der Waals surface area contributed by atoms with Crippen LogP contribution < -0.4 is 0 Å². The van der Waals surface area contributed by atoms with Gasteiger partial charge in [0.1, 0.15) is 12.4 Å². The first-order valence-corrected chi connectivity index (χ1v) is 8.32. The number of ketones is 1. The molecular weight excluding hydrogens is 350 g/mol. The maximum Gasteiger partial charge on any atom is 0.336 e. The number of nitro groups is 1. The zero-order chi connectivity index (χ0) is 20.1. The summed E-state index contributed by atoms with van der Waals surface area (Å²) in [5, 5.41) is 19.8. The molecule has 0 aliphatic carbocycles. The summed E-state index contributed by atoms with van der Waals surface area (Å²) in [5.41, 5.74) is 1.43. The van der Waals surface area contributed by atoms with Crippen LogP contribution in [0.3, 0.4) is 0 Å². The normalized spacial score (nSPS) is 19.1. The van der Waals surface area contributed by atoms with E-state index in [0.29, 0.717) is 17.0 Å². The van der Waals surface area contributed by atoms with Crippen molar-refractivity contribution in [3.05, 3.63) is 51.2 Å². The highest BCUT2D eigenvalue weighted by Gasteiger charge is 2.40. The number of ether oxygens (including phenoxy) is 1. The van der Waals surface area contributed by atoms with Crippen LogP contribution in [-0.4, -0.2) is 29.0 Å². The van der Waals surface area contributed by atoms with Gasteiger partial charge in [-0.3, -0.25) is 19.9 Å². The predicted molar refractivity (Wildman–Crippen MR) is 97.0 cm³/mol. The van der Waals surface area contributed by atoms with E-state index in [1.807, 2.05) is 6.07 Å². The Morgan fingerprint density at radius 2 is 2.07 bits per heavy atom. The molecule has 0 aromatic heterocycles. The summed E-state index contributed by atoms with van der Waals surface area (Å²) in [4.78, 5) is 39.9. The Morgan fingerprint density at radius 1 is 1.37 bits per heavy atom. The van der Waals surface area contributed by atoms with Crippen molar-refractivity contribution in [2.45, 2.75) is 33.1 Å². The van der Waals surface area contributed by atoms with Gasteiger partial charge in [0.05, 0.1) is 28.9 Å². The first kappa shape index (κ1) is 20.0. The van der Waals surface area contributed by atoms with Crippen molar-refractivity contribution in [3.63, 3.8) is 0 Å². The lowest BCUT2D eigenvalue weighted by molar-refractivity contribution is -0.384. The van der Waals surface area contributed by atoms with Crippen LogP contribution in [0.2, 0.25) is 0 Å². The van der Waals surface area contributed by atoms with E-state index in [0.717, 1.165) is 0 Å². The number of allylic oxidation sites excluding steroid dienone is 1. The van der Waals surface area contributed by atoms with E-state index in [1.165, 1.54) is 25.1 Å². The van der Waals surface area contributed by atoms with E-state index < -0.39 is 22.7 Å². The number of hydrogen-bond acceptors (Lipinski definition) is 7. The van der Waals surface area contributed by atoms with Gasteiger partial charge in [-0.15, -0.1) is 0 Å². The minimum absolute atomic E-state index is 0.0397.